The minimum absolute atomic E-state index is 0.0451. The van der Waals surface area contributed by atoms with Gasteiger partial charge in [-0.15, -0.1) is 0 Å². The molecule has 0 saturated heterocycles. The second kappa shape index (κ2) is 8.19. The van der Waals surface area contributed by atoms with Crippen molar-refractivity contribution in [3.8, 4) is 0 Å². The number of halogens is 1. The number of benzene rings is 2. The second-order valence-electron chi connectivity index (χ2n) is 7.56. The topological polar surface area (TPSA) is 110 Å². The molecule has 1 amide bonds. The van der Waals surface area contributed by atoms with E-state index in [4.69, 9.17) is 0 Å². The van der Waals surface area contributed by atoms with Crippen LogP contribution in [0, 0.1) is 21.8 Å². The molecule has 2 N–H and O–H groups in total. The second-order valence-corrected chi connectivity index (χ2v) is 7.56. The lowest BCUT2D eigenvalue weighted by Gasteiger charge is -2.29. The average Bonchev–Trinajstić information content (AvgIpc) is 3.10. The summed E-state index contributed by atoms with van der Waals surface area (Å²) in [7, 11) is 0. The molecule has 4 rings (SSSR count). The Morgan fingerprint density at radius 2 is 2.00 bits per heavy atom. The first-order chi connectivity index (χ1) is 14.5. The van der Waals surface area contributed by atoms with Gasteiger partial charge in [0, 0.05) is 36.4 Å². The number of nitrogens with one attached hydrogen (secondary N) is 1. The van der Waals surface area contributed by atoms with Gasteiger partial charge < -0.3 is 9.67 Å². The summed E-state index contributed by atoms with van der Waals surface area (Å²) in [5.74, 6) is -0.414. The lowest BCUT2D eigenvalue weighted by atomic mass is 9.86. The zero-order valence-corrected chi connectivity index (χ0v) is 16.1. The smallest absolute Gasteiger partial charge is 0.270 e. The number of nitrogens with zero attached hydrogens (tertiary/aromatic N) is 3. The number of hydrogen-bond donors (Lipinski definition) is 2. The van der Waals surface area contributed by atoms with Crippen LogP contribution in [0.4, 0.5) is 16.0 Å². The van der Waals surface area contributed by atoms with Crippen molar-refractivity contribution in [1.82, 2.24) is 9.55 Å². The maximum Gasteiger partial charge on any atom is 0.270 e. The molecule has 0 bridgehead atoms. The number of aromatic nitrogens is 2. The normalized spacial score (nSPS) is 19.0. The number of fused-ring (bicyclic) bond motifs is 1. The lowest BCUT2D eigenvalue weighted by molar-refractivity contribution is -0.384. The highest BCUT2D eigenvalue weighted by Gasteiger charge is 2.26. The van der Waals surface area contributed by atoms with E-state index in [1.54, 1.807) is 6.07 Å². The van der Waals surface area contributed by atoms with Crippen LogP contribution in [0.2, 0.25) is 0 Å². The van der Waals surface area contributed by atoms with E-state index in [2.05, 4.69) is 10.3 Å². The maximum atomic E-state index is 13.7. The molecule has 1 aliphatic rings. The molecule has 0 radical (unpaired) electrons. The largest absolute Gasteiger partial charge is 0.396 e. The van der Waals surface area contributed by atoms with Gasteiger partial charge in [0.1, 0.15) is 5.82 Å². The van der Waals surface area contributed by atoms with E-state index in [1.165, 1.54) is 36.4 Å². The minimum Gasteiger partial charge on any atom is -0.396 e. The van der Waals surface area contributed by atoms with Crippen molar-refractivity contribution in [3.63, 3.8) is 0 Å². The fourth-order valence-electron chi connectivity index (χ4n) is 4.05. The van der Waals surface area contributed by atoms with Crippen molar-refractivity contribution < 1.29 is 19.2 Å². The molecule has 9 heteroatoms. The van der Waals surface area contributed by atoms with Crippen LogP contribution < -0.4 is 5.32 Å². The molecule has 8 nitrogen and oxygen atoms in total. The highest BCUT2D eigenvalue weighted by atomic mass is 19.1. The first kappa shape index (κ1) is 20.0. The number of aliphatic hydroxyl groups is 1. The number of nitro groups is 1. The quantitative estimate of drug-likeness (QED) is 0.485. The third kappa shape index (κ3) is 3.88. The van der Waals surface area contributed by atoms with Crippen LogP contribution in [-0.2, 0) is 0 Å². The summed E-state index contributed by atoms with van der Waals surface area (Å²) < 4.78 is 15.6. The first-order valence-corrected chi connectivity index (χ1v) is 9.80. The summed E-state index contributed by atoms with van der Waals surface area (Å²) in [5.41, 5.74) is 1.09. The molecule has 0 spiro atoms. The van der Waals surface area contributed by atoms with E-state index in [-0.39, 0.29) is 35.8 Å². The lowest BCUT2D eigenvalue weighted by Crippen LogP contribution is -2.23. The standard InChI is InChI=1S/C21H21FN4O4/c22-15-6-9-19-18(11-15)23-21(25(19)16-7-4-13(12-27)5-8-16)24-20(28)14-2-1-3-17(10-14)26(29)30/h1-3,6,9-11,13,16,27H,4-5,7-8,12H2,(H,23,24,28). The monoisotopic (exact) mass is 412 g/mol. The Labute approximate surface area is 171 Å². The van der Waals surface area contributed by atoms with Gasteiger partial charge in [0.15, 0.2) is 0 Å². The van der Waals surface area contributed by atoms with Gasteiger partial charge in [-0.05, 0) is 49.8 Å². The minimum atomic E-state index is -0.561. The van der Waals surface area contributed by atoms with Crippen molar-refractivity contribution in [2.24, 2.45) is 5.92 Å². The molecule has 1 aromatic heterocycles. The number of rotatable bonds is 5. The van der Waals surface area contributed by atoms with Gasteiger partial charge in [0.25, 0.3) is 11.6 Å². The number of anilines is 1. The summed E-state index contributed by atoms with van der Waals surface area (Å²) in [6.07, 6.45) is 3.29. The van der Waals surface area contributed by atoms with Crippen molar-refractivity contribution in [2.75, 3.05) is 11.9 Å². The van der Waals surface area contributed by atoms with E-state index in [0.717, 1.165) is 25.7 Å². The fourth-order valence-corrected chi connectivity index (χ4v) is 4.05. The molecule has 1 saturated carbocycles. The third-order valence-electron chi connectivity index (χ3n) is 5.64. The number of aliphatic hydroxyl groups excluding tert-OH is 1. The Bertz CT molecular complexity index is 1110. The van der Waals surface area contributed by atoms with Gasteiger partial charge in [0.05, 0.1) is 16.0 Å². The summed E-state index contributed by atoms with van der Waals surface area (Å²) in [6.45, 7) is 0.152. The van der Waals surface area contributed by atoms with Crippen LogP contribution in [0.25, 0.3) is 11.0 Å². The van der Waals surface area contributed by atoms with Gasteiger partial charge in [-0.3, -0.25) is 20.2 Å². The average molecular weight is 412 g/mol. The molecule has 0 aliphatic heterocycles. The fraction of sp³-hybridized carbons (Fsp3) is 0.333. The first-order valence-electron chi connectivity index (χ1n) is 9.80. The van der Waals surface area contributed by atoms with Crippen LogP contribution in [0.1, 0.15) is 42.1 Å². The highest BCUT2D eigenvalue weighted by Crippen LogP contribution is 2.36. The number of non-ortho nitro benzene ring substituents is 1. The van der Waals surface area contributed by atoms with E-state index >= 15 is 0 Å². The molecular weight excluding hydrogens is 391 g/mol. The van der Waals surface area contributed by atoms with Crippen LogP contribution >= 0.6 is 0 Å². The van der Waals surface area contributed by atoms with Gasteiger partial charge in [0.2, 0.25) is 5.95 Å². The van der Waals surface area contributed by atoms with Crippen molar-refractivity contribution in [3.05, 3.63) is 64.0 Å². The molecule has 1 fully saturated rings. The summed E-state index contributed by atoms with van der Waals surface area (Å²) in [5, 5.41) is 23.1. The highest BCUT2D eigenvalue weighted by molar-refractivity contribution is 6.04. The summed E-state index contributed by atoms with van der Waals surface area (Å²) in [6, 6.07) is 9.80. The summed E-state index contributed by atoms with van der Waals surface area (Å²) in [4.78, 5) is 27.6. The molecule has 1 aliphatic carbocycles. The van der Waals surface area contributed by atoms with Crippen LogP contribution in [-0.4, -0.2) is 32.1 Å². The Morgan fingerprint density at radius 1 is 1.23 bits per heavy atom. The Morgan fingerprint density at radius 3 is 2.70 bits per heavy atom. The zero-order valence-electron chi connectivity index (χ0n) is 16.1. The van der Waals surface area contributed by atoms with Crippen molar-refractivity contribution in [2.45, 2.75) is 31.7 Å². The van der Waals surface area contributed by atoms with Crippen LogP contribution in [0.5, 0.6) is 0 Å². The predicted molar refractivity (Wildman–Crippen MR) is 109 cm³/mol. The van der Waals surface area contributed by atoms with Gasteiger partial charge >= 0.3 is 0 Å². The third-order valence-corrected chi connectivity index (χ3v) is 5.64. The van der Waals surface area contributed by atoms with Crippen molar-refractivity contribution in [1.29, 1.82) is 0 Å². The molecule has 30 heavy (non-hydrogen) atoms. The number of nitro benzene ring substituents is 1. The summed E-state index contributed by atoms with van der Waals surface area (Å²) >= 11 is 0. The number of amides is 1. The molecule has 0 atom stereocenters. The maximum absolute atomic E-state index is 13.7. The molecule has 3 aromatic rings. The van der Waals surface area contributed by atoms with Gasteiger partial charge in [-0.2, -0.15) is 0 Å². The Hall–Kier alpha value is -3.33. The predicted octanol–water partition coefficient (Wildman–Crippen LogP) is 4.06. The number of hydrogen-bond acceptors (Lipinski definition) is 5. The van der Waals surface area contributed by atoms with Gasteiger partial charge in [-0.25, -0.2) is 9.37 Å². The molecule has 2 aromatic carbocycles. The SMILES string of the molecule is O=C(Nc1nc2cc(F)ccc2n1C1CCC(CO)CC1)c1cccc([N+](=O)[O-])c1. The van der Waals surface area contributed by atoms with Crippen LogP contribution in [0.15, 0.2) is 42.5 Å². The Kier molecular flexibility index (Phi) is 5.45. The van der Waals surface area contributed by atoms with E-state index in [1.807, 2.05) is 4.57 Å². The zero-order chi connectivity index (χ0) is 21.3. The Balaban J connectivity index is 1.68. The van der Waals surface area contributed by atoms with Crippen LogP contribution in [0.3, 0.4) is 0 Å². The molecular formula is C21H21FN4O4. The molecule has 1 heterocycles. The molecule has 156 valence electrons. The number of imidazole rings is 1. The number of carbonyl (C=O) groups is 1. The van der Waals surface area contributed by atoms with E-state index in [0.29, 0.717) is 11.0 Å². The van der Waals surface area contributed by atoms with E-state index < -0.39 is 16.6 Å². The number of carbonyl (C=O) groups excluding carboxylic acids is 1. The van der Waals surface area contributed by atoms with Gasteiger partial charge in [-0.1, -0.05) is 6.07 Å². The molecule has 0 unspecified atom stereocenters. The van der Waals surface area contributed by atoms with E-state index in [9.17, 15) is 24.4 Å². The van der Waals surface area contributed by atoms with Crippen molar-refractivity contribution >= 4 is 28.6 Å².